The molecule has 0 radical (unpaired) electrons. The van der Waals surface area contributed by atoms with Gasteiger partial charge < -0.3 is 10.3 Å². The summed E-state index contributed by atoms with van der Waals surface area (Å²) in [6.45, 7) is 2.53. The monoisotopic (exact) mass is 300 g/mol. The molecule has 3 aromatic rings. The average Bonchev–Trinajstić information content (AvgIpc) is 2.93. The molecule has 0 bridgehead atoms. The maximum Gasteiger partial charge on any atom is 0.128 e. The summed E-state index contributed by atoms with van der Waals surface area (Å²) in [5, 5.41) is 4.45. The van der Waals surface area contributed by atoms with Crippen molar-refractivity contribution in [2.45, 2.75) is 19.4 Å². The van der Waals surface area contributed by atoms with E-state index in [-0.39, 0.29) is 11.9 Å². The number of para-hydroxylation sites is 1. The van der Waals surface area contributed by atoms with Crippen molar-refractivity contribution in [3.8, 4) is 0 Å². The molecule has 2 aromatic carbocycles. The first-order valence-corrected chi connectivity index (χ1v) is 7.38. The number of aromatic nitrogens is 1. The van der Waals surface area contributed by atoms with E-state index in [1.165, 1.54) is 23.1 Å². The minimum Gasteiger partial charge on any atom is -0.361 e. The molecule has 0 fully saturated rings. The highest BCUT2D eigenvalue weighted by molar-refractivity contribution is 5.83. The molecule has 1 aromatic heterocycles. The second kappa shape index (κ2) is 6.28. The summed E-state index contributed by atoms with van der Waals surface area (Å²) in [5.41, 5.74) is 2.69. The third-order valence-corrected chi connectivity index (χ3v) is 3.94. The zero-order valence-corrected chi connectivity index (χ0v) is 12.4. The van der Waals surface area contributed by atoms with Crippen LogP contribution in [0.3, 0.4) is 0 Å². The third kappa shape index (κ3) is 3.02. The van der Waals surface area contributed by atoms with E-state index in [1.54, 1.807) is 0 Å². The van der Waals surface area contributed by atoms with Crippen LogP contribution in [0.25, 0.3) is 10.9 Å². The Morgan fingerprint density at radius 1 is 1.14 bits per heavy atom. The third-order valence-electron chi connectivity index (χ3n) is 3.94. The summed E-state index contributed by atoms with van der Waals surface area (Å²) < 4.78 is 26.9. The molecule has 1 heterocycles. The van der Waals surface area contributed by atoms with Gasteiger partial charge in [-0.05, 0) is 49.7 Å². The number of nitrogens with one attached hydrogen (secondary N) is 2. The highest BCUT2D eigenvalue weighted by atomic mass is 19.1. The van der Waals surface area contributed by atoms with Crippen molar-refractivity contribution in [2.75, 3.05) is 6.54 Å². The molecule has 0 aliphatic heterocycles. The number of fused-ring (bicyclic) bond motifs is 1. The Balaban J connectivity index is 1.64. The van der Waals surface area contributed by atoms with Crippen molar-refractivity contribution < 1.29 is 8.78 Å². The van der Waals surface area contributed by atoms with E-state index in [0.717, 1.165) is 18.0 Å². The largest absolute Gasteiger partial charge is 0.361 e. The molecule has 22 heavy (non-hydrogen) atoms. The van der Waals surface area contributed by atoms with Crippen molar-refractivity contribution in [2.24, 2.45) is 0 Å². The normalized spacial score (nSPS) is 12.7. The second-order valence-corrected chi connectivity index (χ2v) is 5.45. The maximum atomic E-state index is 13.7. The van der Waals surface area contributed by atoms with Crippen LogP contribution in [0.5, 0.6) is 0 Å². The Labute approximate surface area is 128 Å². The van der Waals surface area contributed by atoms with E-state index in [4.69, 9.17) is 0 Å². The number of hydrogen-bond donors (Lipinski definition) is 2. The average molecular weight is 300 g/mol. The SMILES string of the molecule is CC(NCCc1c[nH]c2ccccc12)c1cc(F)ccc1F. The van der Waals surface area contributed by atoms with Crippen LogP contribution in [0, 0.1) is 11.6 Å². The summed E-state index contributed by atoms with van der Waals surface area (Å²) >= 11 is 0. The quantitative estimate of drug-likeness (QED) is 0.721. The van der Waals surface area contributed by atoms with Gasteiger partial charge in [-0.1, -0.05) is 18.2 Å². The van der Waals surface area contributed by atoms with Crippen molar-refractivity contribution in [1.29, 1.82) is 0 Å². The molecule has 0 aliphatic rings. The molecule has 4 heteroatoms. The van der Waals surface area contributed by atoms with Gasteiger partial charge in [0, 0.05) is 28.7 Å². The predicted octanol–water partition coefficient (Wildman–Crippen LogP) is 4.34. The number of aromatic amines is 1. The Kier molecular flexibility index (Phi) is 4.20. The van der Waals surface area contributed by atoms with Gasteiger partial charge in [0.2, 0.25) is 0 Å². The number of benzene rings is 2. The van der Waals surface area contributed by atoms with E-state index in [1.807, 2.05) is 31.3 Å². The van der Waals surface area contributed by atoms with Crippen LogP contribution in [0.4, 0.5) is 8.78 Å². The standard InChI is InChI=1S/C18H18F2N2/c1-12(16-10-14(19)6-7-17(16)20)21-9-8-13-11-22-18-5-3-2-4-15(13)18/h2-7,10-12,21-22H,8-9H2,1H3. The molecule has 0 aliphatic carbocycles. The van der Waals surface area contributed by atoms with Gasteiger partial charge in [0.15, 0.2) is 0 Å². The topological polar surface area (TPSA) is 27.8 Å². The molecule has 0 spiro atoms. The van der Waals surface area contributed by atoms with Gasteiger partial charge in [0.1, 0.15) is 11.6 Å². The number of hydrogen-bond acceptors (Lipinski definition) is 1. The summed E-state index contributed by atoms with van der Waals surface area (Å²) in [6.07, 6.45) is 2.82. The van der Waals surface area contributed by atoms with Crippen LogP contribution in [0.15, 0.2) is 48.7 Å². The van der Waals surface area contributed by atoms with Crippen molar-refractivity contribution >= 4 is 10.9 Å². The molecule has 3 rings (SSSR count). The zero-order chi connectivity index (χ0) is 15.5. The maximum absolute atomic E-state index is 13.7. The minimum atomic E-state index is -0.415. The van der Waals surface area contributed by atoms with Gasteiger partial charge in [-0.15, -0.1) is 0 Å². The summed E-state index contributed by atoms with van der Waals surface area (Å²) in [6, 6.07) is 11.4. The number of H-pyrrole nitrogens is 1. The first-order valence-electron chi connectivity index (χ1n) is 7.38. The fourth-order valence-electron chi connectivity index (χ4n) is 2.72. The Hall–Kier alpha value is -2.20. The minimum absolute atomic E-state index is 0.235. The van der Waals surface area contributed by atoms with Gasteiger partial charge >= 0.3 is 0 Å². The highest BCUT2D eigenvalue weighted by Crippen LogP contribution is 2.20. The molecule has 1 atom stereocenters. The lowest BCUT2D eigenvalue weighted by molar-refractivity contribution is 0.521. The fraction of sp³-hybridized carbons (Fsp3) is 0.222. The van der Waals surface area contributed by atoms with Crippen LogP contribution in [-0.4, -0.2) is 11.5 Å². The van der Waals surface area contributed by atoms with Crippen molar-refractivity contribution in [3.63, 3.8) is 0 Å². The molecule has 2 nitrogen and oxygen atoms in total. The fourth-order valence-corrected chi connectivity index (χ4v) is 2.72. The van der Waals surface area contributed by atoms with E-state index < -0.39 is 5.82 Å². The lowest BCUT2D eigenvalue weighted by Gasteiger charge is -2.15. The molecule has 2 N–H and O–H groups in total. The lowest BCUT2D eigenvalue weighted by atomic mass is 10.1. The van der Waals surface area contributed by atoms with Crippen molar-refractivity contribution in [3.05, 3.63) is 71.4 Å². The van der Waals surface area contributed by atoms with Crippen LogP contribution in [0.1, 0.15) is 24.1 Å². The van der Waals surface area contributed by atoms with Gasteiger partial charge in [-0.25, -0.2) is 8.78 Å². The molecular formula is C18H18F2N2. The first-order chi connectivity index (χ1) is 10.6. The Bertz CT molecular complexity index is 780. The number of rotatable bonds is 5. The first kappa shape index (κ1) is 14.7. The Morgan fingerprint density at radius 3 is 2.82 bits per heavy atom. The van der Waals surface area contributed by atoms with Gasteiger partial charge in [0.25, 0.3) is 0 Å². The molecule has 0 saturated heterocycles. The van der Waals surface area contributed by atoms with E-state index in [0.29, 0.717) is 12.1 Å². The Morgan fingerprint density at radius 2 is 1.95 bits per heavy atom. The van der Waals surface area contributed by atoms with Crippen LogP contribution in [-0.2, 0) is 6.42 Å². The summed E-state index contributed by atoms with van der Waals surface area (Å²) in [5.74, 6) is -0.796. The van der Waals surface area contributed by atoms with Crippen LogP contribution in [0.2, 0.25) is 0 Å². The van der Waals surface area contributed by atoms with E-state index in [2.05, 4.69) is 16.4 Å². The van der Waals surface area contributed by atoms with Gasteiger partial charge in [-0.2, -0.15) is 0 Å². The summed E-state index contributed by atoms with van der Waals surface area (Å²) in [4.78, 5) is 3.24. The smallest absolute Gasteiger partial charge is 0.128 e. The summed E-state index contributed by atoms with van der Waals surface area (Å²) in [7, 11) is 0. The lowest BCUT2D eigenvalue weighted by Crippen LogP contribution is -2.22. The van der Waals surface area contributed by atoms with Crippen LogP contribution >= 0.6 is 0 Å². The molecule has 1 unspecified atom stereocenters. The highest BCUT2D eigenvalue weighted by Gasteiger charge is 2.11. The molecule has 114 valence electrons. The van der Waals surface area contributed by atoms with E-state index in [9.17, 15) is 8.78 Å². The van der Waals surface area contributed by atoms with E-state index >= 15 is 0 Å². The van der Waals surface area contributed by atoms with Gasteiger partial charge in [-0.3, -0.25) is 0 Å². The zero-order valence-electron chi connectivity index (χ0n) is 12.4. The van der Waals surface area contributed by atoms with Crippen molar-refractivity contribution in [1.82, 2.24) is 10.3 Å². The molecular weight excluding hydrogens is 282 g/mol. The number of halogens is 2. The molecule has 0 saturated carbocycles. The second-order valence-electron chi connectivity index (χ2n) is 5.45. The predicted molar refractivity (Wildman–Crippen MR) is 84.8 cm³/mol. The van der Waals surface area contributed by atoms with Crippen LogP contribution < -0.4 is 5.32 Å². The molecule has 0 amide bonds. The van der Waals surface area contributed by atoms with Gasteiger partial charge in [0.05, 0.1) is 0 Å².